The highest BCUT2D eigenvalue weighted by Gasteiger charge is 2.37. The number of rotatable bonds is 3. The first-order valence-corrected chi connectivity index (χ1v) is 7.04. The Morgan fingerprint density at radius 2 is 2.11 bits per heavy atom. The van der Waals surface area contributed by atoms with Crippen molar-refractivity contribution in [2.24, 2.45) is 0 Å². The maximum Gasteiger partial charge on any atom is 0.323 e. The van der Waals surface area contributed by atoms with E-state index in [4.69, 9.17) is 5.11 Å². The summed E-state index contributed by atoms with van der Waals surface area (Å²) in [6.07, 6.45) is 2.34. The second kappa shape index (κ2) is 5.77. The zero-order valence-corrected chi connectivity index (χ0v) is 11.7. The molecule has 0 spiro atoms. The fourth-order valence-corrected chi connectivity index (χ4v) is 3.11. The molecule has 2 atom stereocenters. The molecule has 19 heavy (non-hydrogen) atoms. The van der Waals surface area contributed by atoms with E-state index in [1.807, 2.05) is 18.7 Å². The molecule has 2 aliphatic rings. The number of carboxylic acids is 1. The Bertz CT molecular complexity index is 361. The van der Waals surface area contributed by atoms with Crippen molar-refractivity contribution < 1.29 is 14.7 Å². The molecule has 0 aliphatic carbocycles. The fourth-order valence-electron chi connectivity index (χ4n) is 3.11. The lowest BCUT2D eigenvalue weighted by Crippen LogP contribution is -2.59. The Hall–Kier alpha value is -1.30. The molecule has 2 aliphatic heterocycles. The number of piperazine rings is 1. The lowest BCUT2D eigenvalue weighted by molar-refractivity contribution is -0.137. The van der Waals surface area contributed by atoms with Gasteiger partial charge in [-0.15, -0.1) is 0 Å². The van der Waals surface area contributed by atoms with Crippen molar-refractivity contribution in [3.63, 3.8) is 0 Å². The van der Waals surface area contributed by atoms with E-state index in [-0.39, 0.29) is 18.6 Å². The normalized spacial score (nSPS) is 27.2. The summed E-state index contributed by atoms with van der Waals surface area (Å²) in [5.74, 6) is -0.956. The molecule has 2 heterocycles. The van der Waals surface area contributed by atoms with Crippen molar-refractivity contribution >= 4 is 12.0 Å². The van der Waals surface area contributed by atoms with E-state index in [9.17, 15) is 9.59 Å². The van der Waals surface area contributed by atoms with Gasteiger partial charge < -0.3 is 14.9 Å². The van der Waals surface area contributed by atoms with Crippen LogP contribution in [0, 0.1) is 0 Å². The minimum absolute atomic E-state index is 0.135. The predicted molar refractivity (Wildman–Crippen MR) is 71.0 cm³/mol. The number of hydrogen-bond donors (Lipinski definition) is 1. The van der Waals surface area contributed by atoms with Crippen LogP contribution in [0.15, 0.2) is 0 Å². The quantitative estimate of drug-likeness (QED) is 0.818. The predicted octanol–water partition coefficient (Wildman–Crippen LogP) is 0.681. The molecule has 6 nitrogen and oxygen atoms in total. The van der Waals surface area contributed by atoms with Gasteiger partial charge >= 0.3 is 12.0 Å². The van der Waals surface area contributed by atoms with Gasteiger partial charge in [-0.05, 0) is 33.2 Å². The molecule has 0 aromatic rings. The van der Waals surface area contributed by atoms with Crippen LogP contribution in [-0.2, 0) is 4.79 Å². The van der Waals surface area contributed by atoms with E-state index in [2.05, 4.69) is 4.90 Å². The van der Waals surface area contributed by atoms with Crippen molar-refractivity contribution in [3.8, 4) is 0 Å². The largest absolute Gasteiger partial charge is 0.480 e. The summed E-state index contributed by atoms with van der Waals surface area (Å²) in [7, 11) is 0. The number of carboxylic acid groups (broad SMARTS) is 1. The number of fused-ring (bicyclic) bond motifs is 1. The Kier molecular flexibility index (Phi) is 4.29. The first-order valence-electron chi connectivity index (χ1n) is 7.04. The highest BCUT2D eigenvalue weighted by molar-refractivity contribution is 5.80. The van der Waals surface area contributed by atoms with E-state index in [1.54, 1.807) is 0 Å². The van der Waals surface area contributed by atoms with Crippen molar-refractivity contribution in [2.75, 3.05) is 32.7 Å². The molecule has 1 N–H and O–H groups in total. The fraction of sp³-hybridized carbons (Fsp3) is 0.846. The van der Waals surface area contributed by atoms with Gasteiger partial charge in [0.15, 0.2) is 0 Å². The molecule has 108 valence electrons. The number of nitrogens with zero attached hydrogens (tertiary/aromatic N) is 3. The minimum atomic E-state index is -0.956. The SMILES string of the molecule is CCN(CC(=O)O)C(=O)N1CC2CCCN2CC1C. The van der Waals surface area contributed by atoms with Gasteiger partial charge in [0.05, 0.1) is 0 Å². The molecule has 0 aromatic carbocycles. The molecule has 2 saturated heterocycles. The molecule has 2 unspecified atom stereocenters. The number of urea groups is 1. The van der Waals surface area contributed by atoms with Gasteiger partial charge in [-0.1, -0.05) is 0 Å². The number of likely N-dealkylation sites (N-methyl/N-ethyl adjacent to an activating group) is 1. The Labute approximate surface area is 114 Å². The van der Waals surface area contributed by atoms with Gasteiger partial charge in [-0.3, -0.25) is 9.69 Å². The maximum absolute atomic E-state index is 12.4. The number of carbonyl (C=O) groups excluding carboxylic acids is 1. The Balaban J connectivity index is 2.02. The first kappa shape index (κ1) is 14.1. The Morgan fingerprint density at radius 3 is 2.74 bits per heavy atom. The van der Waals surface area contributed by atoms with Crippen LogP contribution in [-0.4, -0.2) is 76.6 Å². The summed E-state index contributed by atoms with van der Waals surface area (Å²) in [6, 6.07) is 0.484. The third-order valence-electron chi connectivity index (χ3n) is 4.16. The maximum atomic E-state index is 12.4. The molecule has 2 rings (SSSR count). The van der Waals surface area contributed by atoms with E-state index < -0.39 is 5.97 Å². The van der Waals surface area contributed by atoms with Gasteiger partial charge in [0, 0.05) is 31.7 Å². The Morgan fingerprint density at radius 1 is 1.37 bits per heavy atom. The summed E-state index contributed by atoms with van der Waals surface area (Å²) in [4.78, 5) is 28.9. The summed E-state index contributed by atoms with van der Waals surface area (Å²) in [5.41, 5.74) is 0. The van der Waals surface area contributed by atoms with E-state index >= 15 is 0 Å². The van der Waals surface area contributed by atoms with Crippen LogP contribution in [0.1, 0.15) is 26.7 Å². The number of amides is 2. The van der Waals surface area contributed by atoms with Crippen LogP contribution in [0.25, 0.3) is 0 Å². The van der Waals surface area contributed by atoms with Gasteiger partial charge in [0.1, 0.15) is 6.54 Å². The van der Waals surface area contributed by atoms with Gasteiger partial charge in [0.25, 0.3) is 0 Å². The summed E-state index contributed by atoms with van der Waals surface area (Å²) >= 11 is 0. The molecule has 6 heteroatoms. The van der Waals surface area contributed by atoms with Gasteiger partial charge in [-0.2, -0.15) is 0 Å². The van der Waals surface area contributed by atoms with E-state index in [0.29, 0.717) is 12.6 Å². The van der Waals surface area contributed by atoms with Gasteiger partial charge in [-0.25, -0.2) is 4.79 Å². The minimum Gasteiger partial charge on any atom is -0.480 e. The van der Waals surface area contributed by atoms with E-state index in [0.717, 1.165) is 26.1 Å². The van der Waals surface area contributed by atoms with Gasteiger partial charge in [0.2, 0.25) is 0 Å². The third-order valence-corrected chi connectivity index (χ3v) is 4.16. The van der Waals surface area contributed by atoms with Crippen LogP contribution in [0.2, 0.25) is 0 Å². The molecule has 2 fully saturated rings. The second-order valence-corrected chi connectivity index (χ2v) is 5.48. The smallest absolute Gasteiger partial charge is 0.323 e. The van der Waals surface area contributed by atoms with Crippen molar-refractivity contribution in [3.05, 3.63) is 0 Å². The molecule has 0 radical (unpaired) electrons. The summed E-state index contributed by atoms with van der Waals surface area (Å²) in [5, 5.41) is 8.86. The number of carbonyl (C=O) groups is 2. The second-order valence-electron chi connectivity index (χ2n) is 5.48. The average molecular weight is 269 g/mol. The van der Waals surface area contributed by atoms with Crippen molar-refractivity contribution in [1.29, 1.82) is 0 Å². The molecule has 0 aromatic heterocycles. The number of aliphatic carboxylic acids is 1. The molecule has 0 bridgehead atoms. The average Bonchev–Trinajstić information content (AvgIpc) is 2.80. The van der Waals surface area contributed by atoms with Crippen LogP contribution < -0.4 is 0 Å². The highest BCUT2D eigenvalue weighted by atomic mass is 16.4. The highest BCUT2D eigenvalue weighted by Crippen LogP contribution is 2.25. The monoisotopic (exact) mass is 269 g/mol. The van der Waals surface area contributed by atoms with Crippen molar-refractivity contribution in [2.45, 2.75) is 38.8 Å². The van der Waals surface area contributed by atoms with Crippen LogP contribution in [0.3, 0.4) is 0 Å². The molecular formula is C13H23N3O3. The topological polar surface area (TPSA) is 64.1 Å². The summed E-state index contributed by atoms with van der Waals surface area (Å²) in [6.45, 7) is 6.84. The zero-order valence-electron chi connectivity index (χ0n) is 11.7. The lowest BCUT2D eigenvalue weighted by atomic mass is 10.1. The lowest BCUT2D eigenvalue weighted by Gasteiger charge is -2.43. The van der Waals surface area contributed by atoms with Crippen LogP contribution in [0.5, 0.6) is 0 Å². The van der Waals surface area contributed by atoms with Crippen LogP contribution >= 0.6 is 0 Å². The molecule has 0 saturated carbocycles. The number of hydrogen-bond acceptors (Lipinski definition) is 3. The molecule has 2 amide bonds. The van der Waals surface area contributed by atoms with Crippen LogP contribution in [0.4, 0.5) is 4.79 Å². The zero-order chi connectivity index (χ0) is 14.0. The summed E-state index contributed by atoms with van der Waals surface area (Å²) < 4.78 is 0. The van der Waals surface area contributed by atoms with Crippen molar-refractivity contribution in [1.82, 2.24) is 14.7 Å². The van der Waals surface area contributed by atoms with E-state index in [1.165, 1.54) is 11.3 Å². The first-order chi connectivity index (χ1) is 9.02. The molecular weight excluding hydrogens is 246 g/mol. The standard InChI is InChI=1S/C13H23N3O3/c1-3-14(9-12(17)18)13(19)16-8-11-5-4-6-15(11)7-10(16)2/h10-11H,3-9H2,1-2H3,(H,17,18). The third kappa shape index (κ3) is 3.00.